The van der Waals surface area contributed by atoms with Crippen molar-refractivity contribution in [1.82, 2.24) is 0 Å². The fourth-order valence-corrected chi connectivity index (χ4v) is 3.38. The molecule has 0 heterocycles. The van der Waals surface area contributed by atoms with Gasteiger partial charge in [0, 0.05) is 0 Å². The molecule has 1 N–H and O–H groups in total. The van der Waals surface area contributed by atoms with Gasteiger partial charge >= 0.3 is 5.97 Å². The molecule has 0 spiro atoms. The van der Waals surface area contributed by atoms with Crippen LogP contribution >= 0.6 is 0 Å². The smallest absolute Gasteiger partial charge is 0.309 e. The molecule has 0 amide bonds. The van der Waals surface area contributed by atoms with Gasteiger partial charge in [-0.2, -0.15) is 0 Å². The lowest BCUT2D eigenvalue weighted by atomic mass is 9.62. The average molecular weight is 242 g/mol. The third kappa shape index (κ3) is 3.44. The summed E-state index contributed by atoms with van der Waals surface area (Å²) in [4.78, 5) is 11.7. The van der Waals surface area contributed by atoms with E-state index in [4.69, 9.17) is 4.74 Å². The van der Waals surface area contributed by atoms with Crippen molar-refractivity contribution in [2.75, 3.05) is 7.11 Å². The van der Waals surface area contributed by atoms with Crippen LogP contribution in [-0.2, 0) is 9.53 Å². The van der Waals surface area contributed by atoms with E-state index < -0.39 is 5.60 Å². The molecule has 0 radical (unpaired) electrons. The van der Waals surface area contributed by atoms with Gasteiger partial charge in [0.15, 0.2) is 0 Å². The van der Waals surface area contributed by atoms with E-state index in [1.165, 1.54) is 7.11 Å². The number of esters is 1. The molecule has 3 nitrogen and oxygen atoms in total. The Morgan fingerprint density at radius 2 is 2.06 bits per heavy atom. The van der Waals surface area contributed by atoms with Crippen molar-refractivity contribution >= 4 is 5.97 Å². The predicted octanol–water partition coefficient (Wildman–Crippen LogP) is 2.76. The molecule has 0 aromatic rings. The normalized spacial score (nSPS) is 32.5. The van der Waals surface area contributed by atoms with Crippen molar-refractivity contribution < 1.29 is 14.6 Å². The summed E-state index contributed by atoms with van der Waals surface area (Å²) >= 11 is 0. The highest BCUT2D eigenvalue weighted by atomic mass is 16.5. The molecule has 3 heteroatoms. The van der Waals surface area contributed by atoms with Gasteiger partial charge in [-0.3, -0.25) is 4.79 Å². The Morgan fingerprint density at radius 3 is 2.47 bits per heavy atom. The maximum atomic E-state index is 11.7. The van der Waals surface area contributed by atoms with Crippen LogP contribution in [0.25, 0.3) is 0 Å². The summed E-state index contributed by atoms with van der Waals surface area (Å²) in [7, 11) is 1.44. The van der Waals surface area contributed by atoms with E-state index in [9.17, 15) is 9.90 Å². The number of methoxy groups -OCH3 is 1. The first-order valence-electron chi connectivity index (χ1n) is 6.50. The van der Waals surface area contributed by atoms with Crippen LogP contribution < -0.4 is 0 Å². The second-order valence-electron chi connectivity index (χ2n) is 6.60. The maximum absolute atomic E-state index is 11.7. The first-order chi connectivity index (χ1) is 7.70. The lowest BCUT2D eigenvalue weighted by Gasteiger charge is -2.46. The van der Waals surface area contributed by atoms with E-state index in [0.717, 1.165) is 12.8 Å². The van der Waals surface area contributed by atoms with Crippen LogP contribution in [0.5, 0.6) is 0 Å². The molecule has 0 aromatic heterocycles. The minimum atomic E-state index is -0.609. The Hall–Kier alpha value is -0.570. The highest BCUT2D eigenvalue weighted by Gasteiger charge is 2.47. The van der Waals surface area contributed by atoms with E-state index >= 15 is 0 Å². The van der Waals surface area contributed by atoms with E-state index in [1.54, 1.807) is 0 Å². The number of carbonyl (C=O) groups is 1. The molecule has 2 atom stereocenters. The molecular weight excluding hydrogens is 216 g/mol. The third-order valence-corrected chi connectivity index (χ3v) is 3.90. The number of aliphatic hydroxyl groups is 1. The fourth-order valence-electron chi connectivity index (χ4n) is 3.38. The zero-order valence-corrected chi connectivity index (χ0v) is 11.7. The van der Waals surface area contributed by atoms with E-state index in [2.05, 4.69) is 27.7 Å². The van der Waals surface area contributed by atoms with E-state index in [-0.39, 0.29) is 17.3 Å². The molecule has 1 aliphatic rings. The van der Waals surface area contributed by atoms with Crippen LogP contribution in [0, 0.1) is 17.3 Å². The molecule has 1 rings (SSSR count). The molecule has 100 valence electrons. The SMILES string of the molecule is COC(=O)[C@H]1CC[C@](O)(CC(C)C)CC1(C)C. The molecule has 1 saturated carbocycles. The Balaban J connectivity index is 2.77. The van der Waals surface area contributed by atoms with Gasteiger partial charge in [-0.15, -0.1) is 0 Å². The van der Waals surface area contributed by atoms with Crippen LogP contribution in [0.1, 0.15) is 53.4 Å². The van der Waals surface area contributed by atoms with Crippen LogP contribution in [0.4, 0.5) is 0 Å². The number of hydrogen-bond donors (Lipinski definition) is 1. The van der Waals surface area contributed by atoms with Crippen LogP contribution in [0.3, 0.4) is 0 Å². The Morgan fingerprint density at radius 1 is 1.47 bits per heavy atom. The lowest BCUT2D eigenvalue weighted by molar-refractivity contribution is -0.157. The summed E-state index contributed by atoms with van der Waals surface area (Å²) in [6, 6.07) is 0. The van der Waals surface area contributed by atoms with Gasteiger partial charge in [0.1, 0.15) is 0 Å². The number of hydrogen-bond acceptors (Lipinski definition) is 3. The largest absolute Gasteiger partial charge is 0.469 e. The van der Waals surface area contributed by atoms with Gasteiger partial charge < -0.3 is 9.84 Å². The van der Waals surface area contributed by atoms with E-state index in [0.29, 0.717) is 18.8 Å². The summed E-state index contributed by atoms with van der Waals surface area (Å²) in [6.07, 6.45) is 2.92. The van der Waals surface area contributed by atoms with Gasteiger partial charge in [0.25, 0.3) is 0 Å². The summed E-state index contributed by atoms with van der Waals surface area (Å²) in [5.41, 5.74) is -0.794. The maximum Gasteiger partial charge on any atom is 0.309 e. The predicted molar refractivity (Wildman–Crippen MR) is 67.5 cm³/mol. The van der Waals surface area contributed by atoms with Gasteiger partial charge in [0.2, 0.25) is 0 Å². The topological polar surface area (TPSA) is 46.5 Å². The molecule has 1 aliphatic carbocycles. The minimum absolute atomic E-state index is 0.0834. The fraction of sp³-hybridized carbons (Fsp3) is 0.929. The average Bonchev–Trinajstić information content (AvgIpc) is 2.13. The quantitative estimate of drug-likeness (QED) is 0.774. The molecule has 0 bridgehead atoms. The molecule has 0 unspecified atom stereocenters. The minimum Gasteiger partial charge on any atom is -0.469 e. The second kappa shape index (κ2) is 4.97. The first kappa shape index (κ1) is 14.5. The molecule has 1 fully saturated rings. The summed E-state index contributed by atoms with van der Waals surface area (Å²) in [5.74, 6) is 0.256. The molecule has 0 aliphatic heterocycles. The van der Waals surface area contributed by atoms with Crippen molar-refractivity contribution in [1.29, 1.82) is 0 Å². The van der Waals surface area contributed by atoms with Crippen LogP contribution in [0.15, 0.2) is 0 Å². The molecule has 0 aromatic carbocycles. The highest BCUT2D eigenvalue weighted by Crippen LogP contribution is 2.47. The zero-order valence-electron chi connectivity index (χ0n) is 11.7. The molecule has 0 saturated heterocycles. The van der Waals surface area contributed by atoms with E-state index in [1.807, 2.05) is 0 Å². The number of carbonyl (C=O) groups excluding carboxylic acids is 1. The first-order valence-corrected chi connectivity index (χ1v) is 6.50. The summed E-state index contributed by atoms with van der Waals surface area (Å²) in [6.45, 7) is 8.35. The van der Waals surface area contributed by atoms with Crippen LogP contribution in [-0.4, -0.2) is 23.8 Å². The Labute approximate surface area is 105 Å². The van der Waals surface area contributed by atoms with Crippen molar-refractivity contribution in [3.63, 3.8) is 0 Å². The van der Waals surface area contributed by atoms with Crippen molar-refractivity contribution in [2.45, 2.75) is 59.0 Å². The number of rotatable bonds is 3. The van der Waals surface area contributed by atoms with Crippen molar-refractivity contribution in [2.24, 2.45) is 17.3 Å². The molecule has 17 heavy (non-hydrogen) atoms. The molecular formula is C14H26O3. The number of ether oxygens (including phenoxy) is 1. The third-order valence-electron chi connectivity index (χ3n) is 3.90. The zero-order chi connectivity index (χ0) is 13.3. The van der Waals surface area contributed by atoms with Crippen molar-refractivity contribution in [3.8, 4) is 0 Å². The van der Waals surface area contributed by atoms with Gasteiger partial charge in [-0.05, 0) is 37.0 Å². The van der Waals surface area contributed by atoms with Gasteiger partial charge in [-0.1, -0.05) is 27.7 Å². The van der Waals surface area contributed by atoms with Gasteiger partial charge in [0.05, 0.1) is 18.6 Å². The van der Waals surface area contributed by atoms with Gasteiger partial charge in [-0.25, -0.2) is 0 Å². The van der Waals surface area contributed by atoms with Crippen LogP contribution in [0.2, 0.25) is 0 Å². The Kier molecular flexibility index (Phi) is 4.23. The Bertz CT molecular complexity index is 283. The summed E-state index contributed by atoms with van der Waals surface area (Å²) < 4.78 is 4.85. The monoisotopic (exact) mass is 242 g/mol. The second-order valence-corrected chi connectivity index (χ2v) is 6.60. The van der Waals surface area contributed by atoms with Crippen molar-refractivity contribution in [3.05, 3.63) is 0 Å². The lowest BCUT2D eigenvalue weighted by Crippen LogP contribution is -2.47. The highest BCUT2D eigenvalue weighted by molar-refractivity contribution is 5.73. The standard InChI is InChI=1S/C14H26O3/c1-10(2)8-14(16)7-6-11(12(15)17-5)13(3,4)9-14/h10-11,16H,6-9H2,1-5H3/t11-,14+/m1/s1. The summed E-state index contributed by atoms with van der Waals surface area (Å²) in [5, 5.41) is 10.6.